The van der Waals surface area contributed by atoms with Gasteiger partial charge in [-0.1, -0.05) is 26.0 Å². The molecule has 0 fully saturated rings. The summed E-state index contributed by atoms with van der Waals surface area (Å²) in [5.41, 5.74) is 0. The molecule has 0 radical (unpaired) electrons. The Balaban J connectivity index is 3.51. The van der Waals surface area contributed by atoms with Crippen LogP contribution in [0.2, 0.25) is 0 Å². The number of hydrogen-bond acceptors (Lipinski definition) is 3. The lowest BCUT2D eigenvalue weighted by molar-refractivity contribution is -0.112. The second kappa shape index (κ2) is 6.22. The molecule has 0 spiro atoms. The predicted octanol–water partition coefficient (Wildman–Crippen LogP) is 1.67. The van der Waals surface area contributed by atoms with Crippen LogP contribution in [0, 0.1) is 5.92 Å². The molecule has 0 amide bonds. The summed E-state index contributed by atoms with van der Waals surface area (Å²) in [4.78, 5) is 20.5. The van der Waals surface area contributed by atoms with Gasteiger partial charge in [0.25, 0.3) is 0 Å². The van der Waals surface area contributed by atoms with Crippen molar-refractivity contribution in [3.05, 3.63) is 0 Å². The lowest BCUT2D eigenvalue weighted by Crippen LogP contribution is -2.11. The number of carbonyl (C=O) groups excluding carboxylic acids is 2. The van der Waals surface area contributed by atoms with E-state index in [1.54, 1.807) is 0 Å². The molecule has 0 aromatic rings. The third kappa shape index (κ3) is 5.91. The van der Waals surface area contributed by atoms with E-state index in [-0.39, 0.29) is 12.5 Å². The van der Waals surface area contributed by atoms with Crippen LogP contribution in [0.3, 0.4) is 0 Å². The minimum atomic E-state index is -0.632. The molecule has 0 rings (SSSR count). The van der Waals surface area contributed by atoms with Gasteiger partial charge in [-0.2, -0.15) is 0 Å². The highest BCUT2D eigenvalue weighted by atomic mass is 32.1. The van der Waals surface area contributed by atoms with E-state index in [9.17, 15) is 9.59 Å². The van der Waals surface area contributed by atoms with Gasteiger partial charge in [-0.05, 0) is 6.42 Å². The summed E-state index contributed by atoms with van der Waals surface area (Å²) in [7, 11) is 0. The van der Waals surface area contributed by atoms with Crippen LogP contribution in [0.15, 0.2) is 0 Å². The first-order valence-electron chi connectivity index (χ1n) is 3.51. The van der Waals surface area contributed by atoms with Gasteiger partial charge < -0.3 is 9.53 Å². The second-order valence-corrected chi connectivity index (χ2v) is 2.63. The molecule has 0 aromatic carbocycles. The zero-order valence-electron chi connectivity index (χ0n) is 6.45. The standard InChI is InChI=1S/C7H12O3S/c1-2-3-6(4-8)5-10-7(9)11/h4,6H,2-3,5H2,1H3,(H,9,11)/t6-/m1/s1. The summed E-state index contributed by atoms with van der Waals surface area (Å²) < 4.78 is 4.54. The van der Waals surface area contributed by atoms with Gasteiger partial charge in [0.05, 0.1) is 0 Å². The molecule has 0 N–H and O–H groups in total. The quantitative estimate of drug-likeness (QED) is 0.393. The highest BCUT2D eigenvalue weighted by Crippen LogP contribution is 2.04. The van der Waals surface area contributed by atoms with Crippen molar-refractivity contribution in [1.82, 2.24) is 0 Å². The van der Waals surface area contributed by atoms with Gasteiger partial charge in [0.1, 0.15) is 12.9 Å². The lowest BCUT2D eigenvalue weighted by atomic mass is 10.1. The maximum atomic E-state index is 10.3. The van der Waals surface area contributed by atoms with E-state index >= 15 is 0 Å². The van der Waals surface area contributed by atoms with Gasteiger partial charge in [-0.25, -0.2) is 4.79 Å². The van der Waals surface area contributed by atoms with Crippen LogP contribution in [0.25, 0.3) is 0 Å². The Hall–Kier alpha value is -0.510. The summed E-state index contributed by atoms with van der Waals surface area (Å²) in [6, 6.07) is 0. The fraction of sp³-hybridized carbons (Fsp3) is 0.714. The van der Waals surface area contributed by atoms with Crippen LogP contribution in [0.5, 0.6) is 0 Å². The first-order valence-corrected chi connectivity index (χ1v) is 3.96. The number of aldehydes is 1. The Morgan fingerprint density at radius 1 is 1.73 bits per heavy atom. The van der Waals surface area contributed by atoms with E-state index in [1.807, 2.05) is 6.92 Å². The summed E-state index contributed by atoms with van der Waals surface area (Å²) in [6.07, 6.45) is 2.47. The van der Waals surface area contributed by atoms with Crippen molar-refractivity contribution >= 4 is 24.2 Å². The third-order valence-electron chi connectivity index (χ3n) is 1.27. The number of rotatable bonds is 5. The molecule has 0 saturated carbocycles. The Bertz CT molecular complexity index is 136. The van der Waals surface area contributed by atoms with Gasteiger partial charge in [0.2, 0.25) is 0 Å². The molecule has 0 saturated heterocycles. The minimum Gasteiger partial charge on any atom is -0.457 e. The minimum absolute atomic E-state index is 0.152. The van der Waals surface area contributed by atoms with Crippen molar-refractivity contribution in [1.29, 1.82) is 0 Å². The highest BCUT2D eigenvalue weighted by Gasteiger charge is 2.07. The van der Waals surface area contributed by atoms with Crippen molar-refractivity contribution in [2.45, 2.75) is 19.8 Å². The van der Waals surface area contributed by atoms with Gasteiger partial charge in [0.15, 0.2) is 0 Å². The maximum absolute atomic E-state index is 10.3. The van der Waals surface area contributed by atoms with Crippen molar-refractivity contribution in [3.8, 4) is 0 Å². The van der Waals surface area contributed by atoms with E-state index in [1.165, 1.54) is 0 Å². The second-order valence-electron chi connectivity index (χ2n) is 2.26. The largest absolute Gasteiger partial charge is 0.457 e. The van der Waals surface area contributed by atoms with Gasteiger partial charge in [-0.3, -0.25) is 0 Å². The highest BCUT2D eigenvalue weighted by molar-refractivity contribution is 7.96. The van der Waals surface area contributed by atoms with Gasteiger partial charge in [0, 0.05) is 5.92 Å². The van der Waals surface area contributed by atoms with E-state index in [0.717, 1.165) is 19.1 Å². The summed E-state index contributed by atoms with van der Waals surface area (Å²) >= 11 is 3.40. The lowest BCUT2D eigenvalue weighted by Gasteiger charge is -2.06. The molecular weight excluding hydrogens is 164 g/mol. The summed E-state index contributed by atoms with van der Waals surface area (Å²) in [6.45, 7) is 2.12. The molecule has 64 valence electrons. The average molecular weight is 176 g/mol. The van der Waals surface area contributed by atoms with Crippen molar-refractivity contribution in [3.63, 3.8) is 0 Å². The smallest absolute Gasteiger partial charge is 0.364 e. The van der Waals surface area contributed by atoms with Gasteiger partial charge >= 0.3 is 5.30 Å². The normalized spacial score (nSPS) is 12.2. The van der Waals surface area contributed by atoms with E-state index in [4.69, 9.17) is 0 Å². The molecule has 4 heteroatoms. The molecule has 3 nitrogen and oxygen atoms in total. The summed E-state index contributed by atoms with van der Waals surface area (Å²) in [5, 5.41) is -0.632. The molecule has 0 unspecified atom stereocenters. The van der Waals surface area contributed by atoms with Gasteiger partial charge in [-0.15, -0.1) is 0 Å². The number of hydrogen-bond donors (Lipinski definition) is 1. The van der Waals surface area contributed by atoms with Crippen LogP contribution in [0.1, 0.15) is 19.8 Å². The molecule has 0 bridgehead atoms. The Kier molecular flexibility index (Phi) is 5.93. The number of thiol groups is 1. The SMILES string of the molecule is CCC[C@H](C=O)COC(=O)S. The van der Waals surface area contributed by atoms with Crippen LogP contribution >= 0.6 is 12.6 Å². The zero-order chi connectivity index (χ0) is 8.69. The first-order chi connectivity index (χ1) is 5.20. The Morgan fingerprint density at radius 2 is 2.36 bits per heavy atom. The molecular formula is C7H12O3S. The first kappa shape index (κ1) is 10.5. The molecule has 0 aliphatic rings. The van der Waals surface area contributed by atoms with E-state index in [2.05, 4.69) is 17.4 Å². The average Bonchev–Trinajstić information content (AvgIpc) is 1.97. The molecule has 1 atom stereocenters. The topological polar surface area (TPSA) is 43.4 Å². The maximum Gasteiger partial charge on any atom is 0.364 e. The van der Waals surface area contributed by atoms with E-state index < -0.39 is 5.30 Å². The molecule has 0 heterocycles. The number of ether oxygens (including phenoxy) is 1. The fourth-order valence-corrected chi connectivity index (χ4v) is 0.814. The van der Waals surface area contributed by atoms with Crippen LogP contribution in [0.4, 0.5) is 4.79 Å². The molecule has 0 aromatic heterocycles. The Labute approximate surface area is 71.5 Å². The van der Waals surface area contributed by atoms with E-state index in [0.29, 0.717) is 0 Å². The predicted molar refractivity (Wildman–Crippen MR) is 44.8 cm³/mol. The molecule has 0 aliphatic heterocycles. The summed E-state index contributed by atoms with van der Waals surface area (Å²) in [5.74, 6) is -0.170. The molecule has 11 heavy (non-hydrogen) atoms. The van der Waals surface area contributed by atoms with Crippen LogP contribution in [-0.4, -0.2) is 18.2 Å². The van der Waals surface area contributed by atoms with Crippen LogP contribution in [-0.2, 0) is 9.53 Å². The van der Waals surface area contributed by atoms with Crippen LogP contribution < -0.4 is 0 Å². The van der Waals surface area contributed by atoms with Crippen molar-refractivity contribution < 1.29 is 14.3 Å². The van der Waals surface area contributed by atoms with Crippen molar-refractivity contribution in [2.75, 3.05) is 6.61 Å². The monoisotopic (exact) mass is 176 g/mol. The number of carbonyl (C=O) groups is 2. The molecule has 0 aliphatic carbocycles. The van der Waals surface area contributed by atoms with Crippen molar-refractivity contribution in [2.24, 2.45) is 5.92 Å². The Morgan fingerprint density at radius 3 is 2.73 bits per heavy atom. The zero-order valence-corrected chi connectivity index (χ0v) is 7.34. The third-order valence-corrected chi connectivity index (χ3v) is 1.40. The fourth-order valence-electron chi connectivity index (χ4n) is 0.740.